The molecule has 0 aliphatic rings. The highest BCUT2D eigenvalue weighted by molar-refractivity contribution is 7.99. The number of nitrogen functional groups attached to an aromatic ring is 1. The number of benzene rings is 1. The number of Topliss-reactive ketones (excluding diaryl/α,β-unsaturated/α-hetero) is 1. The number of rotatable bonds is 6. The average molecular weight is 330 g/mol. The molecular weight excluding hydrogens is 312 g/mol. The number of thioether (sulfide) groups is 1. The molecule has 0 aliphatic heterocycles. The van der Waals surface area contributed by atoms with E-state index in [1.807, 2.05) is 6.92 Å². The standard InChI is InChI=1S/C16H18N4O2S/c1-10-9-14(17)20-16(18-10)23-8-7-15(22)19-13-5-3-12(4-6-13)11(2)21/h3-6,9H,7-8H2,1-2H3,(H,19,22)(H2,17,18,20). The summed E-state index contributed by atoms with van der Waals surface area (Å²) in [5.41, 5.74) is 7.75. The van der Waals surface area contributed by atoms with Crippen molar-refractivity contribution in [2.75, 3.05) is 16.8 Å². The molecule has 2 aromatic rings. The third-order valence-electron chi connectivity index (χ3n) is 2.99. The van der Waals surface area contributed by atoms with E-state index < -0.39 is 0 Å². The lowest BCUT2D eigenvalue weighted by atomic mass is 10.1. The van der Waals surface area contributed by atoms with Crippen molar-refractivity contribution in [1.82, 2.24) is 9.97 Å². The van der Waals surface area contributed by atoms with Crippen LogP contribution in [0.1, 0.15) is 29.4 Å². The van der Waals surface area contributed by atoms with Crippen LogP contribution in [0.2, 0.25) is 0 Å². The van der Waals surface area contributed by atoms with Crippen LogP contribution in [0.5, 0.6) is 0 Å². The van der Waals surface area contributed by atoms with Gasteiger partial charge >= 0.3 is 0 Å². The van der Waals surface area contributed by atoms with E-state index in [0.29, 0.717) is 34.4 Å². The molecule has 0 saturated carbocycles. The Morgan fingerprint density at radius 3 is 2.52 bits per heavy atom. The third-order valence-corrected chi connectivity index (χ3v) is 3.84. The van der Waals surface area contributed by atoms with Crippen LogP contribution in [0, 0.1) is 6.92 Å². The molecule has 3 N–H and O–H groups in total. The minimum atomic E-state index is -0.103. The molecule has 6 nitrogen and oxygen atoms in total. The van der Waals surface area contributed by atoms with Gasteiger partial charge in [0.2, 0.25) is 5.91 Å². The second-order valence-electron chi connectivity index (χ2n) is 5.00. The Kier molecular flexibility index (Phi) is 5.70. The molecule has 2 rings (SSSR count). The summed E-state index contributed by atoms with van der Waals surface area (Å²) in [6.07, 6.45) is 0.330. The van der Waals surface area contributed by atoms with Crippen LogP contribution in [0.25, 0.3) is 0 Å². The number of aryl methyl sites for hydroxylation is 1. The van der Waals surface area contributed by atoms with Gasteiger partial charge in [0.1, 0.15) is 5.82 Å². The average Bonchev–Trinajstić information content (AvgIpc) is 2.46. The van der Waals surface area contributed by atoms with Gasteiger partial charge in [-0.15, -0.1) is 0 Å². The van der Waals surface area contributed by atoms with E-state index >= 15 is 0 Å². The van der Waals surface area contributed by atoms with E-state index in [4.69, 9.17) is 5.73 Å². The lowest BCUT2D eigenvalue weighted by Gasteiger charge is -2.06. The number of carbonyl (C=O) groups excluding carboxylic acids is 2. The lowest BCUT2D eigenvalue weighted by Crippen LogP contribution is -2.12. The molecule has 0 radical (unpaired) electrons. The van der Waals surface area contributed by atoms with Gasteiger partial charge in [-0.3, -0.25) is 9.59 Å². The minimum absolute atomic E-state index is 0.00305. The molecule has 1 amide bonds. The molecule has 0 atom stereocenters. The maximum Gasteiger partial charge on any atom is 0.225 e. The summed E-state index contributed by atoms with van der Waals surface area (Å²) >= 11 is 1.39. The molecule has 0 unspecified atom stereocenters. The second-order valence-corrected chi connectivity index (χ2v) is 6.06. The van der Waals surface area contributed by atoms with Crippen LogP contribution < -0.4 is 11.1 Å². The molecule has 0 bridgehead atoms. The molecule has 0 spiro atoms. The summed E-state index contributed by atoms with van der Waals surface area (Å²) in [6.45, 7) is 3.35. The van der Waals surface area contributed by atoms with E-state index in [2.05, 4.69) is 15.3 Å². The molecule has 0 saturated heterocycles. The van der Waals surface area contributed by atoms with Gasteiger partial charge in [0.25, 0.3) is 0 Å². The van der Waals surface area contributed by atoms with Gasteiger partial charge in [0.05, 0.1) is 0 Å². The maximum atomic E-state index is 11.9. The summed E-state index contributed by atoms with van der Waals surface area (Å²) in [6, 6.07) is 8.51. The lowest BCUT2D eigenvalue weighted by molar-refractivity contribution is -0.115. The topological polar surface area (TPSA) is 98.0 Å². The molecule has 7 heteroatoms. The minimum Gasteiger partial charge on any atom is -0.384 e. The third kappa shape index (κ3) is 5.37. The van der Waals surface area contributed by atoms with Crippen molar-refractivity contribution >= 4 is 35.0 Å². The Morgan fingerprint density at radius 2 is 1.91 bits per heavy atom. The Morgan fingerprint density at radius 1 is 1.22 bits per heavy atom. The van der Waals surface area contributed by atoms with Crippen LogP contribution in [-0.4, -0.2) is 27.4 Å². The smallest absolute Gasteiger partial charge is 0.225 e. The largest absolute Gasteiger partial charge is 0.384 e. The molecule has 0 fully saturated rings. The number of nitrogens with two attached hydrogens (primary N) is 1. The summed E-state index contributed by atoms with van der Waals surface area (Å²) in [4.78, 5) is 31.4. The Labute approximate surface area is 138 Å². The predicted molar refractivity (Wildman–Crippen MR) is 91.6 cm³/mol. The first-order valence-electron chi connectivity index (χ1n) is 7.09. The SMILES string of the molecule is CC(=O)c1ccc(NC(=O)CCSc2nc(C)cc(N)n2)cc1. The van der Waals surface area contributed by atoms with E-state index in [1.165, 1.54) is 18.7 Å². The maximum absolute atomic E-state index is 11.9. The highest BCUT2D eigenvalue weighted by atomic mass is 32.2. The summed E-state index contributed by atoms with van der Waals surface area (Å²) in [5, 5.41) is 3.36. The quantitative estimate of drug-likeness (QED) is 0.480. The fourth-order valence-electron chi connectivity index (χ4n) is 1.88. The number of hydrogen-bond donors (Lipinski definition) is 2. The fourth-order valence-corrected chi connectivity index (χ4v) is 2.72. The van der Waals surface area contributed by atoms with Gasteiger partial charge in [-0.2, -0.15) is 0 Å². The van der Waals surface area contributed by atoms with Crippen LogP contribution in [0.4, 0.5) is 11.5 Å². The fraction of sp³-hybridized carbons (Fsp3) is 0.250. The summed E-state index contributed by atoms with van der Waals surface area (Å²) < 4.78 is 0. The second kappa shape index (κ2) is 7.73. The number of anilines is 2. The van der Waals surface area contributed by atoms with Gasteiger partial charge in [0, 0.05) is 35.2 Å². The van der Waals surface area contributed by atoms with Crippen molar-refractivity contribution in [3.63, 3.8) is 0 Å². The van der Waals surface area contributed by atoms with Crippen LogP contribution in [0.3, 0.4) is 0 Å². The van der Waals surface area contributed by atoms with Crippen molar-refractivity contribution in [2.24, 2.45) is 0 Å². The molecule has 0 aliphatic carbocycles. The highest BCUT2D eigenvalue weighted by Gasteiger charge is 2.06. The van der Waals surface area contributed by atoms with Crippen molar-refractivity contribution < 1.29 is 9.59 Å². The number of nitrogens with one attached hydrogen (secondary N) is 1. The van der Waals surface area contributed by atoms with Crippen molar-refractivity contribution in [3.8, 4) is 0 Å². The number of hydrogen-bond acceptors (Lipinski definition) is 6. The van der Waals surface area contributed by atoms with Gasteiger partial charge in [-0.25, -0.2) is 9.97 Å². The Hall–Kier alpha value is -2.41. The zero-order valence-electron chi connectivity index (χ0n) is 13.0. The number of nitrogens with zero attached hydrogens (tertiary/aromatic N) is 2. The van der Waals surface area contributed by atoms with Crippen molar-refractivity contribution in [2.45, 2.75) is 25.4 Å². The van der Waals surface area contributed by atoms with Gasteiger partial charge < -0.3 is 11.1 Å². The first kappa shape index (κ1) is 17.0. The van der Waals surface area contributed by atoms with Gasteiger partial charge in [-0.05, 0) is 38.1 Å². The van der Waals surface area contributed by atoms with E-state index in [9.17, 15) is 9.59 Å². The molecule has 23 heavy (non-hydrogen) atoms. The molecular formula is C16H18N4O2S. The zero-order valence-corrected chi connectivity index (χ0v) is 13.8. The highest BCUT2D eigenvalue weighted by Crippen LogP contribution is 2.17. The van der Waals surface area contributed by atoms with E-state index in [-0.39, 0.29) is 11.7 Å². The van der Waals surface area contributed by atoms with E-state index in [0.717, 1.165) is 5.69 Å². The monoisotopic (exact) mass is 330 g/mol. The molecule has 1 aromatic heterocycles. The molecule has 1 aromatic carbocycles. The first-order valence-corrected chi connectivity index (χ1v) is 8.07. The predicted octanol–water partition coefficient (Wildman–Crippen LogP) is 2.69. The summed E-state index contributed by atoms with van der Waals surface area (Å²) in [7, 11) is 0. The first-order chi connectivity index (χ1) is 10.9. The van der Waals surface area contributed by atoms with Gasteiger partial charge in [0.15, 0.2) is 10.9 Å². The van der Waals surface area contributed by atoms with Crippen LogP contribution >= 0.6 is 11.8 Å². The number of carbonyl (C=O) groups is 2. The molecule has 120 valence electrons. The van der Waals surface area contributed by atoms with Crippen LogP contribution in [-0.2, 0) is 4.79 Å². The van der Waals surface area contributed by atoms with E-state index in [1.54, 1.807) is 30.3 Å². The van der Waals surface area contributed by atoms with Crippen molar-refractivity contribution in [1.29, 1.82) is 0 Å². The van der Waals surface area contributed by atoms with Crippen molar-refractivity contribution in [3.05, 3.63) is 41.6 Å². The number of ketones is 1. The zero-order chi connectivity index (χ0) is 16.8. The van der Waals surface area contributed by atoms with Crippen LogP contribution in [0.15, 0.2) is 35.5 Å². The Balaban J connectivity index is 1.81. The summed E-state index contributed by atoms with van der Waals surface area (Å²) in [5.74, 6) is 0.876. The van der Waals surface area contributed by atoms with Gasteiger partial charge in [-0.1, -0.05) is 11.8 Å². The molecule has 1 heterocycles. The number of aromatic nitrogens is 2. The normalized spacial score (nSPS) is 10.3. The Bertz CT molecular complexity index is 696. The number of amides is 1.